The maximum absolute atomic E-state index is 13.5. The van der Waals surface area contributed by atoms with E-state index >= 15 is 0 Å². The zero-order chi connectivity index (χ0) is 49.1. The molecule has 366 valence electrons. The van der Waals surface area contributed by atoms with Crippen LogP contribution < -0.4 is 23.7 Å². The third kappa shape index (κ3) is 15.0. The Hall–Kier alpha value is -7.02. The van der Waals surface area contributed by atoms with Crippen molar-refractivity contribution in [3.05, 3.63) is 150 Å². The van der Waals surface area contributed by atoms with E-state index in [-0.39, 0.29) is 5.41 Å². The maximum atomic E-state index is 13.5. The molecule has 0 unspecified atom stereocenters. The standard InChI is InChI=1S/C58H62O12/c1-4-14-46-37-52(69-56(61)47-17-15-44-35-50(25-21-42(44)33-47)66-31-12-8-9-13-32-67-54(59)5-2)27-28-53(46)70-57(62)48-18-16-45-36-51(26-22-43(45)34-48)68-55(60)41-19-23-49(24-20-41)65-30-11-7-6-10-29-63-38-58(3)39-64-40-58/h5,15-28,33-37H,2,4,6-14,29-32,38-40H2,1,3H3. The zero-order valence-corrected chi connectivity index (χ0v) is 40.2. The fraction of sp³-hybridized carbons (Fsp3) is 0.345. The number of ether oxygens (including phenoxy) is 8. The Morgan fingerprint density at radius 1 is 0.543 bits per heavy atom. The van der Waals surface area contributed by atoms with Crippen LogP contribution in [0.15, 0.2) is 128 Å². The summed E-state index contributed by atoms with van der Waals surface area (Å²) in [5.41, 5.74) is 2.06. The summed E-state index contributed by atoms with van der Waals surface area (Å²) in [6.45, 7) is 12.2. The first-order chi connectivity index (χ1) is 34.1. The third-order valence-corrected chi connectivity index (χ3v) is 11.9. The van der Waals surface area contributed by atoms with Gasteiger partial charge in [0.25, 0.3) is 0 Å². The molecule has 0 spiro atoms. The van der Waals surface area contributed by atoms with Gasteiger partial charge in [-0.05, 0) is 169 Å². The summed E-state index contributed by atoms with van der Waals surface area (Å²) in [4.78, 5) is 50.9. The summed E-state index contributed by atoms with van der Waals surface area (Å²) in [5.74, 6) is 0.579. The summed E-state index contributed by atoms with van der Waals surface area (Å²) >= 11 is 0. The molecule has 1 aliphatic heterocycles. The van der Waals surface area contributed by atoms with Crippen molar-refractivity contribution in [1.82, 2.24) is 0 Å². The van der Waals surface area contributed by atoms with Crippen molar-refractivity contribution < 1.29 is 57.1 Å². The van der Waals surface area contributed by atoms with Gasteiger partial charge in [-0.2, -0.15) is 0 Å². The number of esters is 4. The van der Waals surface area contributed by atoms with Gasteiger partial charge in [-0.25, -0.2) is 19.2 Å². The number of benzene rings is 6. The Morgan fingerprint density at radius 3 is 1.64 bits per heavy atom. The highest BCUT2D eigenvalue weighted by atomic mass is 16.6. The predicted molar refractivity (Wildman–Crippen MR) is 268 cm³/mol. The number of unbranched alkanes of at least 4 members (excludes halogenated alkanes) is 6. The second-order valence-electron chi connectivity index (χ2n) is 17.9. The SMILES string of the molecule is C=CC(=O)OCCCCCCOc1ccc2cc(C(=O)Oc3ccc(OC(=O)c4ccc5cc(OC(=O)c6ccc(OCCCCCCOCC7(C)COC7)cc6)ccc5c4)c(CCC)c3)ccc2c1. The van der Waals surface area contributed by atoms with E-state index in [9.17, 15) is 19.2 Å². The molecule has 12 nitrogen and oxygen atoms in total. The molecule has 0 aliphatic carbocycles. The van der Waals surface area contributed by atoms with E-state index < -0.39 is 23.9 Å². The van der Waals surface area contributed by atoms with E-state index in [0.717, 1.165) is 117 Å². The van der Waals surface area contributed by atoms with Crippen LogP contribution in [-0.2, 0) is 25.4 Å². The lowest BCUT2D eigenvalue weighted by Crippen LogP contribution is -2.43. The van der Waals surface area contributed by atoms with Gasteiger partial charge in [0.1, 0.15) is 28.7 Å². The summed E-state index contributed by atoms with van der Waals surface area (Å²) in [7, 11) is 0. The average molecular weight is 951 g/mol. The van der Waals surface area contributed by atoms with Crippen molar-refractivity contribution in [2.24, 2.45) is 5.41 Å². The van der Waals surface area contributed by atoms with Crippen LogP contribution in [0, 0.1) is 5.41 Å². The third-order valence-electron chi connectivity index (χ3n) is 11.9. The van der Waals surface area contributed by atoms with Crippen LogP contribution in [0.4, 0.5) is 0 Å². The number of carbonyl (C=O) groups is 4. The molecular weight excluding hydrogens is 889 g/mol. The molecule has 0 atom stereocenters. The van der Waals surface area contributed by atoms with Crippen LogP contribution in [0.1, 0.15) is 108 Å². The van der Waals surface area contributed by atoms with Crippen molar-refractivity contribution in [1.29, 1.82) is 0 Å². The molecule has 0 N–H and O–H groups in total. The van der Waals surface area contributed by atoms with E-state index in [1.807, 2.05) is 31.2 Å². The Bertz CT molecular complexity index is 2740. The predicted octanol–water partition coefficient (Wildman–Crippen LogP) is 12.3. The highest BCUT2D eigenvalue weighted by Gasteiger charge is 2.33. The molecule has 0 radical (unpaired) electrons. The van der Waals surface area contributed by atoms with E-state index in [0.29, 0.717) is 65.9 Å². The van der Waals surface area contributed by atoms with Gasteiger partial charge in [0.05, 0.1) is 56.3 Å². The fourth-order valence-electron chi connectivity index (χ4n) is 7.90. The number of fused-ring (bicyclic) bond motifs is 2. The van der Waals surface area contributed by atoms with Crippen molar-refractivity contribution in [2.45, 2.75) is 78.1 Å². The molecule has 0 amide bonds. The Kier molecular flexibility index (Phi) is 18.6. The Labute approximate surface area is 409 Å². The number of hydrogen-bond donors (Lipinski definition) is 0. The molecule has 70 heavy (non-hydrogen) atoms. The minimum Gasteiger partial charge on any atom is -0.494 e. The molecule has 1 fully saturated rings. The minimum atomic E-state index is -0.539. The van der Waals surface area contributed by atoms with Gasteiger partial charge in [0.15, 0.2) is 0 Å². The molecule has 1 saturated heterocycles. The fourth-order valence-corrected chi connectivity index (χ4v) is 7.90. The molecule has 1 aliphatic rings. The molecule has 0 bridgehead atoms. The lowest BCUT2D eigenvalue weighted by atomic mass is 9.90. The molecule has 1 heterocycles. The molecule has 0 saturated carbocycles. The molecule has 12 heteroatoms. The second kappa shape index (κ2) is 25.5. The van der Waals surface area contributed by atoms with Crippen LogP contribution >= 0.6 is 0 Å². The van der Waals surface area contributed by atoms with Gasteiger partial charge in [-0.1, -0.05) is 57.5 Å². The van der Waals surface area contributed by atoms with Crippen LogP contribution in [0.3, 0.4) is 0 Å². The number of carbonyl (C=O) groups excluding carboxylic acids is 4. The first-order valence-electron chi connectivity index (χ1n) is 24.3. The first kappa shape index (κ1) is 50.8. The average Bonchev–Trinajstić information content (AvgIpc) is 3.36. The highest BCUT2D eigenvalue weighted by molar-refractivity contribution is 5.98. The van der Waals surface area contributed by atoms with Crippen molar-refractivity contribution in [2.75, 3.05) is 46.2 Å². The second-order valence-corrected chi connectivity index (χ2v) is 17.9. The smallest absolute Gasteiger partial charge is 0.343 e. The number of rotatable bonds is 27. The molecule has 0 aromatic heterocycles. The lowest BCUT2D eigenvalue weighted by molar-refractivity contribution is -0.138. The van der Waals surface area contributed by atoms with E-state index in [4.69, 9.17) is 37.9 Å². The summed E-state index contributed by atoms with van der Waals surface area (Å²) in [6, 6.07) is 33.4. The Balaban J connectivity index is 0.850. The van der Waals surface area contributed by atoms with Gasteiger partial charge < -0.3 is 37.9 Å². The van der Waals surface area contributed by atoms with Crippen LogP contribution in [0.25, 0.3) is 21.5 Å². The Morgan fingerprint density at radius 2 is 1.03 bits per heavy atom. The minimum absolute atomic E-state index is 0.190. The number of hydrogen-bond acceptors (Lipinski definition) is 12. The lowest BCUT2D eigenvalue weighted by Gasteiger charge is -2.37. The van der Waals surface area contributed by atoms with Crippen molar-refractivity contribution in [3.8, 4) is 28.7 Å². The summed E-state index contributed by atoms with van der Waals surface area (Å²) < 4.78 is 45.3. The topological polar surface area (TPSA) is 142 Å². The maximum Gasteiger partial charge on any atom is 0.343 e. The van der Waals surface area contributed by atoms with Crippen LogP contribution in [-0.4, -0.2) is 70.1 Å². The van der Waals surface area contributed by atoms with Crippen molar-refractivity contribution >= 4 is 45.4 Å². The molecular formula is C58H62O12. The zero-order valence-electron chi connectivity index (χ0n) is 40.2. The van der Waals surface area contributed by atoms with Gasteiger partial charge in [-0.15, -0.1) is 0 Å². The molecule has 6 aromatic rings. The van der Waals surface area contributed by atoms with Crippen molar-refractivity contribution in [3.63, 3.8) is 0 Å². The van der Waals surface area contributed by atoms with Gasteiger partial charge >= 0.3 is 23.9 Å². The monoisotopic (exact) mass is 950 g/mol. The van der Waals surface area contributed by atoms with Gasteiger partial charge in [-0.3, -0.25) is 0 Å². The van der Waals surface area contributed by atoms with Crippen LogP contribution in [0.2, 0.25) is 0 Å². The molecule has 7 rings (SSSR count). The summed E-state index contributed by atoms with van der Waals surface area (Å²) in [6.07, 6.45) is 10.2. The van der Waals surface area contributed by atoms with Crippen LogP contribution in [0.5, 0.6) is 28.7 Å². The summed E-state index contributed by atoms with van der Waals surface area (Å²) in [5, 5.41) is 3.34. The normalized spacial score (nSPS) is 12.7. The van der Waals surface area contributed by atoms with Gasteiger partial charge in [0, 0.05) is 18.1 Å². The molecule has 6 aromatic carbocycles. The highest BCUT2D eigenvalue weighted by Crippen LogP contribution is 2.30. The van der Waals surface area contributed by atoms with Gasteiger partial charge in [0.2, 0.25) is 0 Å². The quantitative estimate of drug-likeness (QED) is 0.0210. The first-order valence-corrected chi connectivity index (χ1v) is 24.3. The van der Waals surface area contributed by atoms with E-state index in [2.05, 4.69) is 13.5 Å². The largest absolute Gasteiger partial charge is 0.494 e. The number of aryl methyl sites for hydroxylation is 1. The van der Waals surface area contributed by atoms with E-state index in [1.54, 1.807) is 91.0 Å². The van der Waals surface area contributed by atoms with E-state index in [1.165, 1.54) is 6.08 Å².